The predicted octanol–water partition coefficient (Wildman–Crippen LogP) is -2.04. The summed E-state index contributed by atoms with van der Waals surface area (Å²) in [7, 11) is 0. The van der Waals surface area contributed by atoms with Crippen LogP contribution in [0.25, 0.3) is 0 Å². The van der Waals surface area contributed by atoms with E-state index in [-0.39, 0.29) is 51.4 Å². The molecule has 0 aromatic carbocycles. The van der Waals surface area contributed by atoms with Gasteiger partial charge >= 0.3 is 53.6 Å². The Hall–Kier alpha value is 1.78. The van der Waals surface area contributed by atoms with Gasteiger partial charge in [-0.25, -0.2) is 0 Å². The molecule has 0 aromatic heterocycles. The van der Waals surface area contributed by atoms with E-state index in [4.69, 9.17) is 8.32 Å². The Morgan fingerprint density at radius 2 is 1.10 bits per heavy atom. The summed E-state index contributed by atoms with van der Waals surface area (Å²) in [6.45, 7) is 0. The molecular formula is H2Cr2KO7. The van der Waals surface area contributed by atoms with E-state index >= 15 is 0 Å². The average Bonchev–Trinajstić information content (AvgIpc) is 1.14. The van der Waals surface area contributed by atoms with E-state index in [0.717, 1.165) is 0 Å². The van der Waals surface area contributed by atoms with Gasteiger partial charge in [0.15, 0.2) is 0 Å². The first-order valence-corrected chi connectivity index (χ1v) is 5.63. The van der Waals surface area contributed by atoms with Crippen molar-refractivity contribution in [3.05, 3.63) is 0 Å². The van der Waals surface area contributed by atoms with Crippen LogP contribution >= 0.6 is 0 Å². The van der Waals surface area contributed by atoms with E-state index in [9.17, 15) is 15.2 Å². The van der Waals surface area contributed by atoms with Crippen molar-refractivity contribution in [2.45, 2.75) is 0 Å². The van der Waals surface area contributed by atoms with E-state index in [0.29, 0.717) is 0 Å². The minimum absolute atomic E-state index is 0. The molecule has 10 heavy (non-hydrogen) atoms. The summed E-state index contributed by atoms with van der Waals surface area (Å²) < 4.78 is 56.3. The Kier molecular flexibility index (Phi) is 6.76. The molecule has 10 heteroatoms. The summed E-state index contributed by atoms with van der Waals surface area (Å²) in [4.78, 5) is 0. The molecule has 0 bridgehead atoms. The Morgan fingerprint density at radius 3 is 1.10 bits per heavy atom. The Bertz CT molecular complexity index is 237. The van der Waals surface area contributed by atoms with Crippen LogP contribution in [0, 0.1) is 0 Å². The summed E-state index contributed by atoms with van der Waals surface area (Å²) in [6.07, 6.45) is 0. The van der Waals surface area contributed by atoms with Crippen LogP contribution in [0.1, 0.15) is 0 Å². The van der Waals surface area contributed by atoms with Gasteiger partial charge in [-0.2, -0.15) is 0 Å². The van der Waals surface area contributed by atoms with Crippen LogP contribution in [0.4, 0.5) is 0 Å². The molecule has 0 saturated heterocycles. The zero-order chi connectivity index (χ0) is 7.71. The Labute approximate surface area is 103 Å². The molecule has 0 spiro atoms. The Balaban J connectivity index is 0. The van der Waals surface area contributed by atoms with Crippen LogP contribution in [0.2, 0.25) is 0 Å². The quantitative estimate of drug-likeness (QED) is 0.547. The first kappa shape index (κ1) is 14.3. The van der Waals surface area contributed by atoms with Gasteiger partial charge in [0.2, 0.25) is 0 Å². The molecule has 0 heterocycles. The van der Waals surface area contributed by atoms with Crippen LogP contribution in [-0.4, -0.2) is 59.7 Å². The predicted molar refractivity (Wildman–Crippen MR) is 14.0 cm³/mol. The molecule has 7 nitrogen and oxygen atoms in total. The van der Waals surface area contributed by atoms with E-state index in [2.05, 4.69) is 2.84 Å². The molecule has 1 radical (unpaired) electrons. The number of hydrogen-bond donors (Lipinski definition) is 2. The molecule has 0 unspecified atom stereocenters. The van der Waals surface area contributed by atoms with Gasteiger partial charge in [0.25, 0.3) is 0 Å². The van der Waals surface area contributed by atoms with Gasteiger partial charge in [-0.15, -0.1) is 0 Å². The summed E-state index contributed by atoms with van der Waals surface area (Å²) in [6, 6.07) is 0. The SMILES string of the molecule is [K].[O]=[Cr](=[O])([OH])[O][Cr](=[O])(=[O])[OH]. The molecule has 0 aliphatic rings. The summed E-state index contributed by atoms with van der Waals surface area (Å²) in [5, 5.41) is 0. The van der Waals surface area contributed by atoms with Gasteiger partial charge in [-0.1, -0.05) is 0 Å². The van der Waals surface area contributed by atoms with Gasteiger partial charge in [0, 0.05) is 51.4 Å². The maximum absolute atomic E-state index is 9.53. The van der Waals surface area contributed by atoms with E-state index in [1.54, 1.807) is 0 Å². The molecule has 0 saturated carbocycles. The monoisotopic (exact) mass is 257 g/mol. The fourth-order valence-corrected chi connectivity index (χ4v) is 1.85. The van der Waals surface area contributed by atoms with Crippen molar-refractivity contribution < 1.29 is 53.6 Å². The van der Waals surface area contributed by atoms with Gasteiger partial charge in [0.05, 0.1) is 0 Å². The first-order chi connectivity index (χ1) is 3.71. The second kappa shape index (κ2) is 4.72. The second-order valence-electron chi connectivity index (χ2n) is 0.924. The third-order valence-electron chi connectivity index (χ3n) is 0.172. The Morgan fingerprint density at radius 1 is 0.900 bits per heavy atom. The van der Waals surface area contributed by atoms with Crippen LogP contribution in [-0.2, 0) is 45.3 Å². The third kappa shape index (κ3) is 12.5. The van der Waals surface area contributed by atoms with Crippen molar-refractivity contribution >= 4 is 51.4 Å². The molecule has 2 N–H and O–H groups in total. The van der Waals surface area contributed by atoms with Gasteiger partial charge < -0.3 is 0 Å². The summed E-state index contributed by atoms with van der Waals surface area (Å²) >= 11 is -11.5. The molecule has 0 aromatic rings. The van der Waals surface area contributed by atoms with Gasteiger partial charge in [0.1, 0.15) is 0 Å². The van der Waals surface area contributed by atoms with E-state index < -0.39 is 27.2 Å². The van der Waals surface area contributed by atoms with Crippen molar-refractivity contribution in [1.82, 2.24) is 0 Å². The first-order valence-electron chi connectivity index (χ1n) is 1.37. The normalized spacial score (nSPS) is 12.2. The van der Waals surface area contributed by atoms with Crippen LogP contribution < -0.4 is 0 Å². The van der Waals surface area contributed by atoms with Crippen molar-refractivity contribution in [3.8, 4) is 0 Å². The molecule has 0 fully saturated rings. The topological polar surface area (TPSA) is 118 Å². The van der Waals surface area contributed by atoms with Crippen LogP contribution in [0.3, 0.4) is 0 Å². The number of rotatable bonds is 2. The maximum atomic E-state index is 9.53. The van der Waals surface area contributed by atoms with Crippen molar-refractivity contribution in [2.24, 2.45) is 0 Å². The fourth-order valence-electron chi connectivity index (χ4n) is 0.109. The third-order valence-corrected chi connectivity index (χ3v) is 2.92. The van der Waals surface area contributed by atoms with E-state index in [1.807, 2.05) is 0 Å². The zero-order valence-electron chi connectivity index (χ0n) is 4.75. The van der Waals surface area contributed by atoms with Crippen LogP contribution in [0.5, 0.6) is 0 Å². The molecule has 57 valence electrons. The van der Waals surface area contributed by atoms with Crippen molar-refractivity contribution in [2.75, 3.05) is 0 Å². The van der Waals surface area contributed by atoms with Crippen molar-refractivity contribution in [3.63, 3.8) is 0 Å². The van der Waals surface area contributed by atoms with Gasteiger partial charge in [-0.3, -0.25) is 0 Å². The van der Waals surface area contributed by atoms with Crippen LogP contribution in [0.15, 0.2) is 0 Å². The summed E-state index contributed by atoms with van der Waals surface area (Å²) in [5.41, 5.74) is 0. The van der Waals surface area contributed by atoms with Crippen molar-refractivity contribution in [1.29, 1.82) is 0 Å². The minimum atomic E-state index is -5.76. The molecular weight excluding hydrogens is 255 g/mol. The number of hydrogen-bond acceptors (Lipinski definition) is 5. The molecule has 0 amide bonds. The fraction of sp³-hybridized carbons (Fsp3) is 0. The molecule has 0 aliphatic heterocycles. The summed E-state index contributed by atoms with van der Waals surface area (Å²) in [5.74, 6) is 0. The average molecular weight is 257 g/mol. The molecule has 0 aliphatic carbocycles. The molecule has 0 rings (SSSR count). The standard InChI is InChI=1S/2Cr.K.2H2O.5O/h;;;2*1H2;;;;;/q2*+1;;;;;;;;/p-2. The molecule has 0 atom stereocenters. The van der Waals surface area contributed by atoms with Gasteiger partial charge in [-0.05, 0) is 0 Å². The van der Waals surface area contributed by atoms with E-state index in [1.165, 1.54) is 0 Å². The second-order valence-corrected chi connectivity index (χ2v) is 4.68. The zero-order valence-corrected chi connectivity index (χ0v) is 10.4.